The molecule has 8 aromatic carbocycles. The van der Waals surface area contributed by atoms with Gasteiger partial charge in [0.1, 0.15) is 0 Å². The first-order valence-corrected chi connectivity index (χ1v) is 25.5. The summed E-state index contributed by atoms with van der Waals surface area (Å²) in [6.07, 6.45) is 12.3. The molecule has 8 aromatic rings. The standard InChI is InChI=1S/C65H64N2/c1-43-25-31-57-45(37-43)41-61(3)33-15-17-35-63(61,5)66(57)49-27-29-53-55(39-49)51-23-13-14-24-52(51)59-54-30-28-50(67-58-32-26-44(2)38-46(58)42-62(4)34-16-18-36-64(62,67)6)40-56(54)65(60(53)59,47-19-9-7-10-20-47)48-21-11-8-12-22-48/h7-14,19-32,37-40H,15-18,33-36,41-42H2,1-6H3. The maximum atomic E-state index is 2.81. The second kappa shape index (κ2) is 14.4. The summed E-state index contributed by atoms with van der Waals surface area (Å²) in [7, 11) is 0. The van der Waals surface area contributed by atoms with Gasteiger partial charge in [0.15, 0.2) is 0 Å². The molecule has 0 radical (unpaired) electrons. The number of nitrogens with zero attached hydrogens (tertiary/aromatic N) is 2. The van der Waals surface area contributed by atoms with E-state index >= 15 is 0 Å². The molecular weight excluding hydrogens is 809 g/mol. The predicted octanol–water partition coefficient (Wildman–Crippen LogP) is 17.0. The van der Waals surface area contributed by atoms with Gasteiger partial charge in [-0.05, 0) is 180 Å². The Kier molecular flexibility index (Phi) is 8.86. The number of aryl methyl sites for hydroxylation is 2. The number of benzene rings is 8. The van der Waals surface area contributed by atoms with Gasteiger partial charge >= 0.3 is 0 Å². The molecule has 2 fully saturated rings. The Morgan fingerprint density at radius 1 is 0.418 bits per heavy atom. The highest BCUT2D eigenvalue weighted by atomic mass is 15.2. The van der Waals surface area contributed by atoms with Crippen LogP contribution < -0.4 is 9.80 Å². The zero-order valence-electron chi connectivity index (χ0n) is 40.5. The van der Waals surface area contributed by atoms with Gasteiger partial charge in [0.2, 0.25) is 0 Å². The molecule has 3 aliphatic carbocycles. The van der Waals surface area contributed by atoms with E-state index in [0.717, 1.165) is 12.8 Å². The molecule has 0 saturated heterocycles. The number of fused-ring (bicyclic) bond motifs is 12. The fourth-order valence-corrected chi connectivity index (χ4v) is 15.3. The Balaban J connectivity index is 1.12. The van der Waals surface area contributed by atoms with E-state index in [9.17, 15) is 0 Å². The Bertz CT molecular complexity index is 3270. The van der Waals surface area contributed by atoms with Crippen LogP contribution in [0.25, 0.3) is 32.7 Å². The number of anilines is 4. The molecule has 4 unspecified atom stereocenters. The molecule has 5 aliphatic rings. The molecule has 2 nitrogen and oxygen atoms in total. The van der Waals surface area contributed by atoms with Crippen LogP contribution >= 0.6 is 0 Å². The van der Waals surface area contributed by atoms with Crippen molar-refractivity contribution in [2.45, 2.75) is 122 Å². The van der Waals surface area contributed by atoms with Crippen molar-refractivity contribution in [2.75, 3.05) is 9.80 Å². The molecule has 4 atom stereocenters. The monoisotopic (exact) mass is 873 g/mol. The van der Waals surface area contributed by atoms with Crippen LogP contribution in [0.3, 0.4) is 0 Å². The van der Waals surface area contributed by atoms with Gasteiger partial charge in [-0.15, -0.1) is 0 Å². The lowest BCUT2D eigenvalue weighted by Gasteiger charge is -2.60. The first-order chi connectivity index (χ1) is 32.5. The summed E-state index contributed by atoms with van der Waals surface area (Å²) in [4.78, 5) is 5.61. The summed E-state index contributed by atoms with van der Waals surface area (Å²) in [5.74, 6) is 0. The molecule has 67 heavy (non-hydrogen) atoms. The van der Waals surface area contributed by atoms with Crippen LogP contribution in [0.15, 0.2) is 158 Å². The third-order valence-corrected chi connectivity index (χ3v) is 19.0. The fraction of sp³-hybridized carbons (Fsp3) is 0.323. The first-order valence-electron chi connectivity index (χ1n) is 25.5. The second-order valence-electron chi connectivity index (χ2n) is 22.6. The lowest BCUT2D eigenvalue weighted by molar-refractivity contribution is 0.0862. The van der Waals surface area contributed by atoms with Crippen molar-refractivity contribution in [3.8, 4) is 11.1 Å². The van der Waals surface area contributed by atoms with E-state index in [-0.39, 0.29) is 21.9 Å². The lowest BCUT2D eigenvalue weighted by Crippen LogP contribution is -2.60. The Morgan fingerprint density at radius 2 is 0.910 bits per heavy atom. The maximum absolute atomic E-state index is 2.81. The van der Waals surface area contributed by atoms with Crippen LogP contribution in [-0.4, -0.2) is 11.1 Å². The van der Waals surface area contributed by atoms with E-state index in [0.29, 0.717) is 0 Å². The van der Waals surface area contributed by atoms with Gasteiger partial charge in [0.25, 0.3) is 0 Å². The van der Waals surface area contributed by atoms with Crippen molar-refractivity contribution < 1.29 is 0 Å². The summed E-state index contributed by atoms with van der Waals surface area (Å²) < 4.78 is 0. The van der Waals surface area contributed by atoms with Gasteiger partial charge in [-0.2, -0.15) is 0 Å². The molecule has 2 saturated carbocycles. The molecule has 13 rings (SSSR count). The van der Waals surface area contributed by atoms with Crippen molar-refractivity contribution in [3.63, 3.8) is 0 Å². The SMILES string of the molecule is Cc1ccc2c(c1)CC1(C)CCCCC1(C)N2c1ccc2c(c1)C(c1ccccc1)(c1ccccc1)c1c-2c2ccccc2c2cc(N3c4ccc(C)cc4CC4(C)CCCCC34C)ccc12. The number of rotatable bonds is 4. The molecule has 2 aliphatic heterocycles. The maximum Gasteiger partial charge on any atom is 0.0720 e. The first kappa shape index (κ1) is 41.1. The smallest absolute Gasteiger partial charge is 0.0720 e. The fourth-order valence-electron chi connectivity index (χ4n) is 15.3. The van der Waals surface area contributed by atoms with Crippen molar-refractivity contribution in [1.82, 2.24) is 0 Å². The molecule has 0 aromatic heterocycles. The quantitative estimate of drug-likeness (QED) is 0.163. The number of hydrogen-bond donors (Lipinski definition) is 0. The van der Waals surface area contributed by atoms with Gasteiger partial charge in [-0.3, -0.25) is 0 Å². The normalized spacial score (nSPS) is 25.8. The van der Waals surface area contributed by atoms with Crippen LogP contribution in [0.1, 0.15) is 124 Å². The Hall–Kier alpha value is -6.12. The van der Waals surface area contributed by atoms with Gasteiger partial charge in [-0.1, -0.05) is 172 Å². The Labute approximate surface area is 398 Å². The van der Waals surface area contributed by atoms with Crippen LogP contribution in [0, 0.1) is 24.7 Å². The minimum Gasteiger partial charge on any atom is -0.335 e. The highest BCUT2D eigenvalue weighted by Crippen LogP contribution is 2.64. The highest BCUT2D eigenvalue weighted by Gasteiger charge is 2.56. The molecule has 2 heterocycles. The van der Waals surface area contributed by atoms with Crippen LogP contribution in [0.5, 0.6) is 0 Å². The molecule has 0 bridgehead atoms. The average molecular weight is 873 g/mol. The van der Waals surface area contributed by atoms with Crippen molar-refractivity contribution in [1.29, 1.82) is 0 Å². The van der Waals surface area contributed by atoms with Gasteiger partial charge in [-0.25, -0.2) is 0 Å². The minimum atomic E-state index is -0.584. The van der Waals surface area contributed by atoms with Crippen LogP contribution in [0.4, 0.5) is 22.7 Å². The van der Waals surface area contributed by atoms with Crippen LogP contribution in [0.2, 0.25) is 0 Å². The zero-order valence-corrected chi connectivity index (χ0v) is 40.5. The third kappa shape index (κ3) is 5.51. The summed E-state index contributed by atoms with van der Waals surface area (Å²) in [6, 6.07) is 62.2. The second-order valence-corrected chi connectivity index (χ2v) is 22.6. The molecular formula is C65H64N2. The third-order valence-electron chi connectivity index (χ3n) is 19.0. The van der Waals surface area contributed by atoms with Crippen molar-refractivity contribution in [3.05, 3.63) is 202 Å². The molecule has 0 amide bonds. The van der Waals surface area contributed by atoms with E-state index in [2.05, 4.69) is 209 Å². The summed E-state index contributed by atoms with van der Waals surface area (Å²) in [5, 5.41) is 5.33. The summed E-state index contributed by atoms with van der Waals surface area (Å²) in [6.45, 7) is 14.9. The Morgan fingerprint density at radius 3 is 1.48 bits per heavy atom. The van der Waals surface area contributed by atoms with Crippen LogP contribution in [-0.2, 0) is 18.3 Å². The molecule has 0 spiro atoms. The summed E-state index contributed by atoms with van der Waals surface area (Å²) >= 11 is 0. The van der Waals surface area contributed by atoms with E-state index in [4.69, 9.17) is 0 Å². The molecule has 0 N–H and O–H groups in total. The van der Waals surface area contributed by atoms with E-state index in [1.54, 1.807) is 0 Å². The molecule has 334 valence electrons. The van der Waals surface area contributed by atoms with Crippen molar-refractivity contribution >= 4 is 44.3 Å². The topological polar surface area (TPSA) is 6.48 Å². The van der Waals surface area contributed by atoms with Gasteiger partial charge in [0.05, 0.1) is 5.41 Å². The van der Waals surface area contributed by atoms with E-state index in [1.807, 2.05) is 0 Å². The van der Waals surface area contributed by atoms with E-state index in [1.165, 1.54) is 151 Å². The van der Waals surface area contributed by atoms with Gasteiger partial charge in [0, 0.05) is 33.8 Å². The zero-order chi connectivity index (χ0) is 45.5. The average Bonchev–Trinajstić information content (AvgIpc) is 3.64. The predicted molar refractivity (Wildman–Crippen MR) is 283 cm³/mol. The van der Waals surface area contributed by atoms with E-state index < -0.39 is 5.41 Å². The largest absolute Gasteiger partial charge is 0.335 e. The highest BCUT2D eigenvalue weighted by molar-refractivity contribution is 6.20. The van der Waals surface area contributed by atoms with Gasteiger partial charge < -0.3 is 9.80 Å². The summed E-state index contributed by atoms with van der Waals surface area (Å²) in [5.41, 5.74) is 18.9. The molecule has 2 heteroatoms. The lowest BCUT2D eigenvalue weighted by atomic mass is 9.57. The number of hydrogen-bond acceptors (Lipinski definition) is 2. The minimum absolute atomic E-state index is 0.00495. The van der Waals surface area contributed by atoms with Crippen molar-refractivity contribution in [2.24, 2.45) is 10.8 Å².